The van der Waals surface area contributed by atoms with Gasteiger partial charge in [-0.1, -0.05) is 23.7 Å². The summed E-state index contributed by atoms with van der Waals surface area (Å²) in [5.74, 6) is -0.274. The van der Waals surface area contributed by atoms with Gasteiger partial charge >= 0.3 is 0 Å². The molecule has 0 saturated carbocycles. The lowest BCUT2D eigenvalue weighted by atomic mass is 10.1. The number of hydrogen-bond acceptors (Lipinski definition) is 1. The summed E-state index contributed by atoms with van der Waals surface area (Å²) in [5, 5.41) is 3.46. The first kappa shape index (κ1) is 8.97. The van der Waals surface area contributed by atoms with Crippen molar-refractivity contribution < 1.29 is 4.39 Å². The smallest absolute Gasteiger partial charge is 0.146 e. The van der Waals surface area contributed by atoms with E-state index in [1.54, 1.807) is 18.2 Å². The Balaban J connectivity index is 2.33. The normalized spacial score (nSPS) is 22.2. The maximum absolute atomic E-state index is 13.5. The quantitative estimate of drug-likeness (QED) is 0.734. The van der Waals surface area contributed by atoms with E-state index in [9.17, 15) is 4.39 Å². The molecule has 1 atom stereocenters. The molecule has 1 saturated heterocycles. The molecule has 3 heteroatoms. The van der Waals surface area contributed by atoms with Gasteiger partial charge < -0.3 is 5.32 Å². The van der Waals surface area contributed by atoms with Crippen molar-refractivity contribution in [3.63, 3.8) is 0 Å². The van der Waals surface area contributed by atoms with Crippen molar-refractivity contribution in [3.8, 4) is 0 Å². The lowest BCUT2D eigenvalue weighted by molar-refractivity contribution is 0.559. The zero-order valence-electron chi connectivity index (χ0n) is 7.19. The Labute approximate surface area is 81.9 Å². The number of hydrogen-bond donors (Lipinski definition) is 1. The zero-order valence-corrected chi connectivity index (χ0v) is 7.94. The largest absolute Gasteiger partial charge is 0.310 e. The van der Waals surface area contributed by atoms with Crippen LogP contribution in [0.2, 0.25) is 5.02 Å². The average molecular weight is 200 g/mol. The summed E-state index contributed by atoms with van der Waals surface area (Å²) in [5.41, 5.74) is 0.699. The van der Waals surface area contributed by atoms with Gasteiger partial charge in [-0.25, -0.2) is 4.39 Å². The number of rotatable bonds is 1. The first-order valence-corrected chi connectivity index (χ1v) is 4.84. The molecule has 1 aromatic carbocycles. The first-order valence-electron chi connectivity index (χ1n) is 4.46. The summed E-state index contributed by atoms with van der Waals surface area (Å²) in [6.07, 6.45) is 2.11. The molecule has 0 radical (unpaired) electrons. The third kappa shape index (κ3) is 1.69. The van der Waals surface area contributed by atoms with E-state index in [2.05, 4.69) is 5.32 Å². The molecular weight excluding hydrogens is 189 g/mol. The second kappa shape index (κ2) is 3.64. The lowest BCUT2D eigenvalue weighted by Crippen LogP contribution is -2.14. The minimum Gasteiger partial charge on any atom is -0.310 e. The Morgan fingerprint density at radius 2 is 2.31 bits per heavy atom. The van der Waals surface area contributed by atoms with Gasteiger partial charge in [-0.15, -0.1) is 0 Å². The molecule has 1 N–H and O–H groups in total. The van der Waals surface area contributed by atoms with Gasteiger partial charge in [0.05, 0.1) is 5.02 Å². The molecule has 70 valence electrons. The molecule has 13 heavy (non-hydrogen) atoms. The molecule has 1 aliphatic heterocycles. The molecule has 1 fully saturated rings. The van der Waals surface area contributed by atoms with Crippen molar-refractivity contribution >= 4 is 11.6 Å². The molecule has 0 spiro atoms. The van der Waals surface area contributed by atoms with Gasteiger partial charge in [0.2, 0.25) is 0 Å². The lowest BCUT2D eigenvalue weighted by Gasteiger charge is -2.11. The highest BCUT2D eigenvalue weighted by molar-refractivity contribution is 6.30. The molecule has 1 nitrogen and oxygen atoms in total. The van der Waals surface area contributed by atoms with Crippen LogP contribution < -0.4 is 5.32 Å². The van der Waals surface area contributed by atoms with Crippen molar-refractivity contribution in [2.24, 2.45) is 0 Å². The molecule has 0 aromatic heterocycles. The molecule has 2 rings (SSSR count). The van der Waals surface area contributed by atoms with Crippen LogP contribution in [0.25, 0.3) is 0 Å². The highest BCUT2D eigenvalue weighted by Gasteiger charge is 2.20. The van der Waals surface area contributed by atoms with Gasteiger partial charge in [0, 0.05) is 11.6 Å². The minimum atomic E-state index is -0.274. The van der Waals surface area contributed by atoms with Crippen LogP contribution in [0.15, 0.2) is 18.2 Å². The van der Waals surface area contributed by atoms with Gasteiger partial charge in [-0.2, -0.15) is 0 Å². The Hall–Kier alpha value is -0.600. The van der Waals surface area contributed by atoms with Gasteiger partial charge in [-0.05, 0) is 25.5 Å². The van der Waals surface area contributed by atoms with E-state index in [4.69, 9.17) is 11.6 Å². The van der Waals surface area contributed by atoms with Crippen molar-refractivity contribution in [1.82, 2.24) is 5.32 Å². The van der Waals surface area contributed by atoms with Crippen molar-refractivity contribution in [3.05, 3.63) is 34.6 Å². The fourth-order valence-electron chi connectivity index (χ4n) is 1.74. The molecule has 0 aliphatic carbocycles. The van der Waals surface area contributed by atoms with Crippen LogP contribution in [0, 0.1) is 5.82 Å². The SMILES string of the molecule is Fc1c(Cl)cccc1[C@@H]1CCCN1. The van der Waals surface area contributed by atoms with Crippen LogP contribution in [0.3, 0.4) is 0 Å². The summed E-state index contributed by atoms with van der Waals surface area (Å²) in [7, 11) is 0. The summed E-state index contributed by atoms with van der Waals surface area (Å²) in [6.45, 7) is 0.969. The molecule has 0 amide bonds. The Morgan fingerprint density at radius 3 is 3.00 bits per heavy atom. The second-order valence-electron chi connectivity index (χ2n) is 3.29. The zero-order chi connectivity index (χ0) is 9.26. The van der Waals surface area contributed by atoms with Crippen LogP contribution in [0.5, 0.6) is 0 Å². The highest BCUT2D eigenvalue weighted by atomic mass is 35.5. The van der Waals surface area contributed by atoms with E-state index in [0.717, 1.165) is 19.4 Å². The fourth-order valence-corrected chi connectivity index (χ4v) is 1.92. The summed E-state index contributed by atoms with van der Waals surface area (Å²) in [6, 6.07) is 5.32. The van der Waals surface area contributed by atoms with E-state index in [0.29, 0.717) is 5.56 Å². The fraction of sp³-hybridized carbons (Fsp3) is 0.400. The second-order valence-corrected chi connectivity index (χ2v) is 3.70. The van der Waals surface area contributed by atoms with E-state index < -0.39 is 0 Å². The van der Waals surface area contributed by atoms with Gasteiger partial charge in [0.15, 0.2) is 0 Å². The maximum Gasteiger partial charge on any atom is 0.146 e. The highest BCUT2D eigenvalue weighted by Crippen LogP contribution is 2.28. The van der Waals surface area contributed by atoms with E-state index in [-0.39, 0.29) is 16.9 Å². The standard InChI is InChI=1S/C10H11ClFN/c11-8-4-1-3-7(10(8)12)9-5-2-6-13-9/h1,3-4,9,13H,2,5-6H2/t9-/m0/s1. The molecule has 0 unspecified atom stereocenters. The predicted molar refractivity (Wildman–Crippen MR) is 51.4 cm³/mol. The topological polar surface area (TPSA) is 12.0 Å². The van der Waals surface area contributed by atoms with E-state index >= 15 is 0 Å². The summed E-state index contributed by atoms with van der Waals surface area (Å²) >= 11 is 5.69. The maximum atomic E-state index is 13.5. The van der Waals surface area contributed by atoms with Crippen LogP contribution in [0.4, 0.5) is 4.39 Å². The molecule has 1 heterocycles. The Bertz CT molecular complexity index is 308. The van der Waals surface area contributed by atoms with Gasteiger partial charge in [0.25, 0.3) is 0 Å². The summed E-state index contributed by atoms with van der Waals surface area (Å²) < 4.78 is 13.5. The van der Waals surface area contributed by atoms with Crippen molar-refractivity contribution in [2.75, 3.05) is 6.54 Å². The first-order chi connectivity index (χ1) is 6.29. The number of halogens is 2. The number of benzene rings is 1. The molecule has 1 aromatic rings. The summed E-state index contributed by atoms with van der Waals surface area (Å²) in [4.78, 5) is 0. The molecule has 1 aliphatic rings. The Kier molecular flexibility index (Phi) is 2.51. The van der Waals surface area contributed by atoms with Crippen LogP contribution >= 0.6 is 11.6 Å². The third-order valence-corrected chi connectivity index (χ3v) is 2.71. The van der Waals surface area contributed by atoms with Crippen LogP contribution in [-0.2, 0) is 0 Å². The van der Waals surface area contributed by atoms with Gasteiger partial charge in [0.1, 0.15) is 5.82 Å². The average Bonchev–Trinajstić information content (AvgIpc) is 2.62. The van der Waals surface area contributed by atoms with Crippen molar-refractivity contribution in [1.29, 1.82) is 0 Å². The van der Waals surface area contributed by atoms with E-state index in [1.807, 2.05) is 0 Å². The number of nitrogens with one attached hydrogen (secondary N) is 1. The van der Waals surface area contributed by atoms with Crippen LogP contribution in [-0.4, -0.2) is 6.54 Å². The predicted octanol–water partition coefficient (Wildman–Crippen LogP) is 2.90. The monoisotopic (exact) mass is 199 g/mol. The van der Waals surface area contributed by atoms with Crippen LogP contribution in [0.1, 0.15) is 24.4 Å². The van der Waals surface area contributed by atoms with Gasteiger partial charge in [-0.3, -0.25) is 0 Å². The van der Waals surface area contributed by atoms with Crippen molar-refractivity contribution in [2.45, 2.75) is 18.9 Å². The Morgan fingerprint density at radius 1 is 1.46 bits per heavy atom. The molecule has 0 bridgehead atoms. The molecular formula is C10H11ClFN. The van der Waals surface area contributed by atoms with E-state index in [1.165, 1.54) is 0 Å². The minimum absolute atomic E-state index is 0.152. The third-order valence-electron chi connectivity index (χ3n) is 2.42.